The maximum absolute atomic E-state index is 12.7. The molecule has 4 heterocycles. The molecule has 0 aliphatic carbocycles. The van der Waals surface area contributed by atoms with Crippen molar-refractivity contribution in [3.05, 3.63) is 50.7 Å². The molecule has 3 aromatic rings. The van der Waals surface area contributed by atoms with Crippen molar-refractivity contribution in [1.82, 2.24) is 19.8 Å². The summed E-state index contributed by atoms with van der Waals surface area (Å²) in [5.74, 6) is 0.768. The Hall–Kier alpha value is -1.80. The highest BCUT2D eigenvalue weighted by molar-refractivity contribution is 7.18. The molecule has 5 nitrogen and oxygen atoms in total. The first-order valence-corrected chi connectivity index (χ1v) is 11.0. The van der Waals surface area contributed by atoms with E-state index >= 15 is 0 Å². The number of rotatable bonds is 5. The number of nitrogens with zero attached hydrogens (tertiary/aromatic N) is 3. The van der Waals surface area contributed by atoms with Crippen molar-refractivity contribution in [3.8, 4) is 10.4 Å². The highest BCUT2D eigenvalue weighted by atomic mass is 32.1. The van der Waals surface area contributed by atoms with E-state index in [1.807, 2.05) is 22.9 Å². The van der Waals surface area contributed by atoms with Gasteiger partial charge >= 0.3 is 0 Å². The van der Waals surface area contributed by atoms with Crippen LogP contribution in [0.1, 0.15) is 19.7 Å². The fourth-order valence-electron chi connectivity index (χ4n) is 3.33. The summed E-state index contributed by atoms with van der Waals surface area (Å²) in [7, 11) is 0. The Morgan fingerprint density at radius 1 is 1.22 bits per heavy atom. The van der Waals surface area contributed by atoms with Gasteiger partial charge in [-0.3, -0.25) is 14.6 Å². The highest BCUT2D eigenvalue weighted by Gasteiger charge is 2.18. The topological polar surface area (TPSA) is 52.2 Å². The largest absolute Gasteiger partial charge is 0.309 e. The Balaban J connectivity index is 1.46. The predicted molar refractivity (Wildman–Crippen MR) is 115 cm³/mol. The molecular formula is C20H24N4OS2. The molecule has 0 unspecified atom stereocenters. The van der Waals surface area contributed by atoms with Crippen LogP contribution in [0.25, 0.3) is 20.7 Å². The second-order valence-electron chi connectivity index (χ2n) is 7.18. The zero-order valence-electron chi connectivity index (χ0n) is 15.7. The van der Waals surface area contributed by atoms with Crippen LogP contribution in [-0.2, 0) is 6.54 Å². The van der Waals surface area contributed by atoms with Crippen molar-refractivity contribution < 1.29 is 0 Å². The Morgan fingerprint density at radius 3 is 2.70 bits per heavy atom. The molecule has 1 fully saturated rings. The van der Waals surface area contributed by atoms with Crippen LogP contribution in [0, 0.1) is 0 Å². The number of allylic oxidation sites excluding steroid dienone is 1. The van der Waals surface area contributed by atoms with E-state index in [1.165, 1.54) is 5.57 Å². The lowest BCUT2D eigenvalue weighted by atomic mass is 10.2. The number of hydrogen-bond donors (Lipinski definition) is 1. The molecule has 4 rings (SSSR count). The molecule has 0 saturated carbocycles. The monoisotopic (exact) mass is 400 g/mol. The number of nitrogens with one attached hydrogen (secondary N) is 1. The van der Waals surface area contributed by atoms with Gasteiger partial charge < -0.3 is 4.98 Å². The smallest absolute Gasteiger partial charge is 0.260 e. The SMILES string of the molecule is CC(C)=CCN1CCN(Cc2nc3scc(-c4cccs4)c3c(=O)[nH]2)CC1. The zero-order chi connectivity index (χ0) is 18.8. The standard InChI is InChI=1S/C20H24N4OS2/c1-14(2)5-6-23-7-9-24(10-8-23)12-17-21-19(25)18-15(13-27-20(18)22-17)16-4-3-11-26-16/h3-5,11,13H,6-10,12H2,1-2H3,(H,21,22,25). The Labute approximate surface area is 167 Å². The second-order valence-corrected chi connectivity index (χ2v) is 8.98. The molecule has 7 heteroatoms. The summed E-state index contributed by atoms with van der Waals surface area (Å²) >= 11 is 3.21. The predicted octanol–water partition coefficient (Wildman–Crippen LogP) is 3.80. The van der Waals surface area contributed by atoms with Crippen LogP contribution >= 0.6 is 22.7 Å². The Kier molecular flexibility index (Phi) is 5.54. The molecule has 0 amide bonds. The summed E-state index contributed by atoms with van der Waals surface area (Å²) in [6, 6.07) is 4.06. The van der Waals surface area contributed by atoms with Crippen LogP contribution < -0.4 is 5.56 Å². The lowest BCUT2D eigenvalue weighted by Gasteiger charge is -2.33. The molecule has 3 aromatic heterocycles. The van der Waals surface area contributed by atoms with E-state index in [9.17, 15) is 4.79 Å². The first-order valence-electron chi connectivity index (χ1n) is 9.22. The number of thiophene rings is 2. The van der Waals surface area contributed by atoms with Gasteiger partial charge in [-0.15, -0.1) is 22.7 Å². The third kappa shape index (κ3) is 4.21. The number of aromatic amines is 1. The van der Waals surface area contributed by atoms with Crippen LogP contribution in [0.5, 0.6) is 0 Å². The van der Waals surface area contributed by atoms with Crippen LogP contribution in [-0.4, -0.2) is 52.5 Å². The fourth-order valence-corrected chi connectivity index (χ4v) is 5.12. The van der Waals surface area contributed by atoms with Crippen molar-refractivity contribution in [1.29, 1.82) is 0 Å². The lowest BCUT2D eigenvalue weighted by Crippen LogP contribution is -2.46. The van der Waals surface area contributed by atoms with Crippen molar-refractivity contribution in [2.75, 3.05) is 32.7 Å². The summed E-state index contributed by atoms with van der Waals surface area (Å²) in [6.07, 6.45) is 2.28. The van der Waals surface area contributed by atoms with Crippen LogP contribution in [0.3, 0.4) is 0 Å². The normalized spacial score (nSPS) is 16.1. The summed E-state index contributed by atoms with van der Waals surface area (Å²) in [6.45, 7) is 10.1. The molecule has 1 aliphatic rings. The van der Waals surface area contributed by atoms with E-state index in [0.717, 1.165) is 59.2 Å². The quantitative estimate of drug-likeness (QED) is 0.662. The number of hydrogen-bond acceptors (Lipinski definition) is 6. The van der Waals surface area contributed by atoms with Crippen molar-refractivity contribution in [2.45, 2.75) is 20.4 Å². The van der Waals surface area contributed by atoms with E-state index in [1.54, 1.807) is 22.7 Å². The minimum absolute atomic E-state index is 0.0261. The van der Waals surface area contributed by atoms with Gasteiger partial charge in [0.05, 0.1) is 11.9 Å². The Morgan fingerprint density at radius 2 is 2.00 bits per heavy atom. The lowest BCUT2D eigenvalue weighted by molar-refractivity contribution is 0.134. The fraction of sp³-hybridized carbons (Fsp3) is 0.400. The number of fused-ring (bicyclic) bond motifs is 1. The maximum Gasteiger partial charge on any atom is 0.260 e. The molecule has 0 atom stereocenters. The number of piperazine rings is 1. The van der Waals surface area contributed by atoms with Gasteiger partial charge in [-0.1, -0.05) is 17.7 Å². The minimum Gasteiger partial charge on any atom is -0.309 e. The van der Waals surface area contributed by atoms with Gasteiger partial charge in [0.1, 0.15) is 10.7 Å². The van der Waals surface area contributed by atoms with E-state index in [2.05, 4.69) is 34.7 Å². The molecule has 142 valence electrons. The minimum atomic E-state index is -0.0261. The summed E-state index contributed by atoms with van der Waals surface area (Å²) in [5.41, 5.74) is 2.34. The van der Waals surface area contributed by atoms with Gasteiger partial charge in [-0.2, -0.15) is 0 Å². The highest BCUT2D eigenvalue weighted by Crippen LogP contribution is 2.33. The molecule has 1 N–H and O–H groups in total. The van der Waals surface area contributed by atoms with Gasteiger partial charge in [-0.05, 0) is 25.3 Å². The van der Waals surface area contributed by atoms with Gasteiger partial charge in [0.15, 0.2) is 0 Å². The zero-order valence-corrected chi connectivity index (χ0v) is 17.3. The van der Waals surface area contributed by atoms with Gasteiger partial charge in [-0.25, -0.2) is 4.98 Å². The first kappa shape index (κ1) is 18.6. The van der Waals surface area contributed by atoms with Gasteiger partial charge in [0.25, 0.3) is 5.56 Å². The van der Waals surface area contributed by atoms with E-state index in [0.29, 0.717) is 6.54 Å². The molecular weight excluding hydrogens is 376 g/mol. The van der Waals surface area contributed by atoms with Crippen LogP contribution in [0.4, 0.5) is 0 Å². The third-order valence-electron chi connectivity index (χ3n) is 4.88. The summed E-state index contributed by atoms with van der Waals surface area (Å²) < 4.78 is 0. The molecule has 0 bridgehead atoms. The molecule has 0 aromatic carbocycles. The van der Waals surface area contributed by atoms with Crippen molar-refractivity contribution in [2.24, 2.45) is 0 Å². The third-order valence-corrected chi connectivity index (χ3v) is 6.65. The maximum atomic E-state index is 12.7. The van der Waals surface area contributed by atoms with Gasteiger partial charge in [0, 0.05) is 48.5 Å². The average Bonchev–Trinajstić information content (AvgIpc) is 3.30. The molecule has 1 saturated heterocycles. The summed E-state index contributed by atoms with van der Waals surface area (Å²) in [4.78, 5) is 27.3. The van der Waals surface area contributed by atoms with E-state index in [-0.39, 0.29) is 5.56 Å². The summed E-state index contributed by atoms with van der Waals surface area (Å²) in [5, 5.41) is 4.80. The van der Waals surface area contributed by atoms with Gasteiger partial charge in [0.2, 0.25) is 0 Å². The van der Waals surface area contributed by atoms with Crippen LogP contribution in [0.15, 0.2) is 39.3 Å². The number of H-pyrrole nitrogens is 1. The van der Waals surface area contributed by atoms with E-state index < -0.39 is 0 Å². The molecule has 27 heavy (non-hydrogen) atoms. The number of aromatic nitrogens is 2. The first-order chi connectivity index (χ1) is 13.1. The van der Waals surface area contributed by atoms with Crippen molar-refractivity contribution >= 4 is 32.9 Å². The average molecular weight is 401 g/mol. The second kappa shape index (κ2) is 8.06. The van der Waals surface area contributed by atoms with Crippen molar-refractivity contribution in [3.63, 3.8) is 0 Å². The Bertz CT molecular complexity index is 991. The van der Waals surface area contributed by atoms with Crippen LogP contribution in [0.2, 0.25) is 0 Å². The van der Waals surface area contributed by atoms with E-state index in [4.69, 9.17) is 4.98 Å². The molecule has 0 radical (unpaired) electrons. The molecule has 1 aliphatic heterocycles. The molecule has 0 spiro atoms.